The third-order valence-corrected chi connectivity index (χ3v) is 3.85. The van der Waals surface area contributed by atoms with Crippen LogP contribution in [0.15, 0.2) is 48.5 Å². The summed E-state index contributed by atoms with van der Waals surface area (Å²) < 4.78 is 26.7. The van der Waals surface area contributed by atoms with Crippen molar-refractivity contribution in [2.45, 2.75) is 18.8 Å². The number of ether oxygens (including phenoxy) is 1. The van der Waals surface area contributed by atoms with E-state index in [-0.39, 0.29) is 12.5 Å². The SMILES string of the molecule is [2H]C([2H])([2H])[C@@H](NC(=O)OCC1c2ccccc2-c2ccccc21)C(=O)O. The largest absolute Gasteiger partial charge is 0.480 e. The summed E-state index contributed by atoms with van der Waals surface area (Å²) in [4.78, 5) is 23.0. The molecule has 1 atom stereocenters. The second-order valence-electron chi connectivity index (χ2n) is 5.24. The number of alkyl carbamates (subject to hydrolysis) is 1. The summed E-state index contributed by atoms with van der Waals surface area (Å²) in [5.74, 6) is -1.83. The van der Waals surface area contributed by atoms with E-state index in [9.17, 15) is 9.59 Å². The van der Waals surface area contributed by atoms with Crippen LogP contribution in [-0.4, -0.2) is 29.8 Å². The van der Waals surface area contributed by atoms with Gasteiger partial charge >= 0.3 is 12.1 Å². The monoisotopic (exact) mass is 314 g/mol. The number of fused-ring (bicyclic) bond motifs is 3. The highest BCUT2D eigenvalue weighted by atomic mass is 16.5. The van der Waals surface area contributed by atoms with Gasteiger partial charge < -0.3 is 15.2 Å². The van der Waals surface area contributed by atoms with Crippen LogP contribution < -0.4 is 5.32 Å². The zero-order chi connectivity index (χ0) is 18.9. The topological polar surface area (TPSA) is 75.6 Å². The minimum atomic E-state index is -2.86. The maximum Gasteiger partial charge on any atom is 0.407 e. The van der Waals surface area contributed by atoms with Crippen molar-refractivity contribution >= 4 is 12.1 Å². The van der Waals surface area contributed by atoms with Gasteiger partial charge in [0.15, 0.2) is 0 Å². The fourth-order valence-electron chi connectivity index (χ4n) is 2.82. The van der Waals surface area contributed by atoms with E-state index in [0.717, 1.165) is 22.3 Å². The molecule has 0 spiro atoms. The number of amides is 1. The zero-order valence-corrected chi connectivity index (χ0v) is 12.2. The van der Waals surface area contributed by atoms with Crippen molar-refractivity contribution in [3.63, 3.8) is 0 Å². The Bertz CT molecular complexity index is 805. The van der Waals surface area contributed by atoms with E-state index in [1.165, 1.54) is 0 Å². The first-order valence-electron chi connectivity index (χ1n) is 8.63. The molecule has 0 aliphatic heterocycles. The van der Waals surface area contributed by atoms with Crippen LogP contribution in [-0.2, 0) is 9.53 Å². The number of benzene rings is 2. The van der Waals surface area contributed by atoms with Crippen LogP contribution in [0.25, 0.3) is 11.1 Å². The summed E-state index contributed by atoms with van der Waals surface area (Å²) in [5, 5.41) is 10.9. The molecule has 2 aromatic rings. The quantitative estimate of drug-likeness (QED) is 0.909. The number of rotatable bonds is 4. The van der Waals surface area contributed by atoms with E-state index in [2.05, 4.69) is 0 Å². The lowest BCUT2D eigenvalue weighted by molar-refractivity contribution is -0.138. The minimum absolute atomic E-state index is 0.0206. The Kier molecular flexibility index (Phi) is 3.12. The van der Waals surface area contributed by atoms with Crippen molar-refractivity contribution in [1.82, 2.24) is 5.32 Å². The predicted molar refractivity (Wildman–Crippen MR) is 85.3 cm³/mol. The van der Waals surface area contributed by atoms with Crippen LogP contribution in [0.5, 0.6) is 0 Å². The van der Waals surface area contributed by atoms with Gasteiger partial charge in [0.2, 0.25) is 0 Å². The molecule has 5 nitrogen and oxygen atoms in total. The highest BCUT2D eigenvalue weighted by Gasteiger charge is 2.29. The lowest BCUT2D eigenvalue weighted by atomic mass is 9.98. The molecule has 0 saturated heterocycles. The second-order valence-corrected chi connectivity index (χ2v) is 5.24. The molecule has 0 bridgehead atoms. The van der Waals surface area contributed by atoms with Gasteiger partial charge in [-0.2, -0.15) is 0 Å². The molecule has 0 radical (unpaired) electrons. The van der Waals surface area contributed by atoms with Gasteiger partial charge in [-0.05, 0) is 29.1 Å². The van der Waals surface area contributed by atoms with Crippen LogP contribution in [0, 0.1) is 0 Å². The van der Waals surface area contributed by atoms with Gasteiger partial charge in [-0.3, -0.25) is 4.79 Å². The van der Waals surface area contributed by atoms with E-state index in [0.29, 0.717) is 0 Å². The summed E-state index contributed by atoms with van der Waals surface area (Å²) in [6.07, 6.45) is -1.07. The molecule has 2 aromatic carbocycles. The van der Waals surface area contributed by atoms with Crippen molar-refractivity contribution in [3.8, 4) is 11.1 Å². The number of carbonyl (C=O) groups excluding carboxylic acids is 1. The molecule has 23 heavy (non-hydrogen) atoms. The highest BCUT2D eigenvalue weighted by molar-refractivity contribution is 5.80. The summed E-state index contributed by atoms with van der Waals surface area (Å²) in [6.45, 7) is -2.88. The van der Waals surface area contributed by atoms with E-state index in [1.807, 2.05) is 53.8 Å². The Morgan fingerprint density at radius 3 is 2.26 bits per heavy atom. The van der Waals surface area contributed by atoms with Crippen LogP contribution in [0.1, 0.15) is 28.0 Å². The molecule has 5 heteroatoms. The van der Waals surface area contributed by atoms with E-state index in [1.54, 1.807) is 0 Å². The Morgan fingerprint density at radius 1 is 1.17 bits per heavy atom. The van der Waals surface area contributed by atoms with Crippen molar-refractivity contribution < 1.29 is 23.5 Å². The van der Waals surface area contributed by atoms with Gasteiger partial charge in [-0.15, -0.1) is 0 Å². The van der Waals surface area contributed by atoms with Gasteiger partial charge in [-0.1, -0.05) is 48.5 Å². The number of hydrogen-bond acceptors (Lipinski definition) is 3. The Hall–Kier alpha value is -2.82. The van der Waals surface area contributed by atoms with Crippen molar-refractivity contribution in [2.24, 2.45) is 0 Å². The van der Waals surface area contributed by atoms with Gasteiger partial charge in [0.1, 0.15) is 12.6 Å². The summed E-state index contributed by atoms with van der Waals surface area (Å²) in [6, 6.07) is 13.5. The Labute approximate surface area is 138 Å². The first kappa shape index (κ1) is 11.7. The molecule has 0 saturated carbocycles. The number of aliphatic carboxylic acids is 1. The summed E-state index contributed by atoms with van der Waals surface area (Å²) in [5.41, 5.74) is 4.13. The average Bonchev–Trinajstić information content (AvgIpc) is 2.91. The molecule has 118 valence electrons. The lowest BCUT2D eigenvalue weighted by Crippen LogP contribution is -2.39. The van der Waals surface area contributed by atoms with Crippen LogP contribution >= 0.6 is 0 Å². The number of nitrogens with one attached hydrogen (secondary N) is 1. The third-order valence-electron chi connectivity index (χ3n) is 3.85. The van der Waals surface area contributed by atoms with Gasteiger partial charge in [-0.25, -0.2) is 4.79 Å². The van der Waals surface area contributed by atoms with Crippen LogP contribution in [0.3, 0.4) is 0 Å². The highest BCUT2D eigenvalue weighted by Crippen LogP contribution is 2.44. The number of hydrogen-bond donors (Lipinski definition) is 2. The third kappa shape index (κ3) is 2.90. The molecular weight excluding hydrogens is 294 g/mol. The molecule has 3 rings (SSSR count). The van der Waals surface area contributed by atoms with Gasteiger partial charge in [0.05, 0.1) is 0 Å². The fraction of sp³-hybridized carbons (Fsp3) is 0.222. The van der Waals surface area contributed by atoms with Crippen molar-refractivity contribution in [2.75, 3.05) is 6.61 Å². The van der Waals surface area contributed by atoms with E-state index >= 15 is 0 Å². The van der Waals surface area contributed by atoms with Gasteiger partial charge in [0.25, 0.3) is 0 Å². The summed E-state index contributed by atoms with van der Waals surface area (Å²) in [7, 11) is 0. The standard InChI is InChI=1S/C18H17NO4/c1-11(17(20)21)19-18(22)23-10-16-14-8-4-2-6-12(14)13-7-3-5-9-15(13)16/h2-9,11,16H,10H2,1H3,(H,19,22)(H,20,21)/t11-/m1/s1/i1D3. The molecule has 0 unspecified atom stereocenters. The first-order valence-corrected chi connectivity index (χ1v) is 7.13. The molecule has 0 aromatic heterocycles. The molecule has 1 aliphatic rings. The zero-order valence-electron chi connectivity index (χ0n) is 15.2. The smallest absolute Gasteiger partial charge is 0.407 e. The number of carbonyl (C=O) groups is 2. The van der Waals surface area contributed by atoms with Crippen molar-refractivity contribution in [1.29, 1.82) is 0 Å². The molecular formula is C18H17NO4. The predicted octanol–water partition coefficient (Wildman–Crippen LogP) is 3.00. The maximum absolute atomic E-state index is 11.9. The van der Waals surface area contributed by atoms with Crippen molar-refractivity contribution in [3.05, 3.63) is 59.7 Å². The summed E-state index contributed by atoms with van der Waals surface area (Å²) >= 11 is 0. The Balaban J connectivity index is 1.74. The molecule has 1 aliphatic carbocycles. The normalized spacial score (nSPS) is 16.3. The van der Waals surface area contributed by atoms with Crippen LogP contribution in [0.2, 0.25) is 0 Å². The minimum Gasteiger partial charge on any atom is -0.480 e. The molecule has 0 heterocycles. The Morgan fingerprint density at radius 2 is 1.74 bits per heavy atom. The molecule has 1 amide bonds. The van der Waals surface area contributed by atoms with E-state index in [4.69, 9.17) is 14.0 Å². The maximum atomic E-state index is 11.9. The average molecular weight is 314 g/mol. The lowest BCUT2D eigenvalue weighted by Gasteiger charge is -2.15. The molecule has 2 N–H and O–H groups in total. The van der Waals surface area contributed by atoms with E-state index < -0.39 is 25.0 Å². The molecule has 0 fully saturated rings. The fourth-order valence-corrected chi connectivity index (χ4v) is 2.82. The first-order chi connectivity index (χ1) is 12.3. The van der Waals surface area contributed by atoms with Gasteiger partial charge in [0, 0.05) is 10.0 Å². The second kappa shape index (κ2) is 6.12. The van der Waals surface area contributed by atoms with Crippen LogP contribution in [0.4, 0.5) is 4.79 Å². The number of carboxylic acids is 1. The number of carboxylic acid groups (broad SMARTS) is 1.